The Morgan fingerprint density at radius 2 is 2.28 bits per heavy atom. The van der Waals surface area contributed by atoms with E-state index in [0.717, 1.165) is 18.0 Å². The molecule has 1 atom stereocenters. The van der Waals surface area contributed by atoms with Crippen molar-refractivity contribution in [1.29, 1.82) is 0 Å². The summed E-state index contributed by atoms with van der Waals surface area (Å²) in [5, 5.41) is 0. The molecule has 1 fully saturated rings. The van der Waals surface area contributed by atoms with Gasteiger partial charge in [0.05, 0.1) is 0 Å². The summed E-state index contributed by atoms with van der Waals surface area (Å²) >= 11 is 5.01. The number of hydrogen-bond donors (Lipinski definition) is 1. The predicted molar refractivity (Wildman–Crippen MR) is 80.7 cm³/mol. The molecule has 0 radical (unpaired) electrons. The monoisotopic (exact) mass is 262 g/mol. The van der Waals surface area contributed by atoms with Crippen LogP contribution in [0.15, 0.2) is 18.2 Å². The molecule has 0 amide bonds. The first-order valence-corrected chi connectivity index (χ1v) is 7.12. The molecule has 3 heteroatoms. The van der Waals surface area contributed by atoms with Crippen molar-refractivity contribution in [2.45, 2.75) is 33.2 Å². The second-order valence-electron chi connectivity index (χ2n) is 5.30. The molecule has 2 N–H and O–H groups in total. The summed E-state index contributed by atoms with van der Waals surface area (Å²) in [4.78, 5) is 3.04. The zero-order chi connectivity index (χ0) is 13.1. The van der Waals surface area contributed by atoms with Crippen molar-refractivity contribution in [2.24, 2.45) is 11.7 Å². The highest BCUT2D eigenvalue weighted by Gasteiger charge is 2.21. The minimum atomic E-state index is 0.483. The number of thiocarbonyl (C=S) groups is 1. The van der Waals surface area contributed by atoms with Gasteiger partial charge in [-0.25, -0.2) is 0 Å². The first-order valence-electron chi connectivity index (χ1n) is 6.71. The molecule has 0 aliphatic carbocycles. The Morgan fingerprint density at radius 3 is 2.83 bits per heavy atom. The van der Waals surface area contributed by atoms with Crippen molar-refractivity contribution in [3.8, 4) is 0 Å². The average Bonchev–Trinajstić information content (AvgIpc) is 2.79. The molecule has 1 aromatic carbocycles. The molecule has 1 heterocycles. The van der Waals surface area contributed by atoms with E-state index in [1.807, 2.05) is 6.07 Å². The minimum Gasteiger partial charge on any atom is -0.389 e. The summed E-state index contributed by atoms with van der Waals surface area (Å²) in [5.41, 5.74) is 9.31. The van der Waals surface area contributed by atoms with Gasteiger partial charge in [0.15, 0.2) is 0 Å². The van der Waals surface area contributed by atoms with Gasteiger partial charge in [0.25, 0.3) is 0 Å². The van der Waals surface area contributed by atoms with Crippen LogP contribution >= 0.6 is 12.2 Å². The number of rotatable bonds is 4. The normalized spacial score (nSPS) is 20.2. The molecule has 0 saturated carbocycles. The average molecular weight is 262 g/mol. The predicted octanol–water partition coefficient (Wildman–Crippen LogP) is 2.86. The van der Waals surface area contributed by atoms with Crippen LogP contribution in [0.25, 0.3) is 0 Å². The topological polar surface area (TPSA) is 29.3 Å². The molecule has 2 rings (SSSR count). The Labute approximate surface area is 115 Å². The standard InChI is InChI=1S/C15H22N2S/c1-3-12-6-7-17(9-12)10-14-5-4-13(15(16)18)8-11(14)2/h4-5,8,12H,3,6-7,9-10H2,1-2H3,(H2,16,18). The van der Waals surface area contributed by atoms with E-state index >= 15 is 0 Å². The highest BCUT2D eigenvalue weighted by atomic mass is 32.1. The van der Waals surface area contributed by atoms with Crippen LogP contribution in [0.1, 0.15) is 36.5 Å². The van der Waals surface area contributed by atoms with Gasteiger partial charge in [0, 0.05) is 18.7 Å². The lowest BCUT2D eigenvalue weighted by atomic mass is 10.0. The smallest absolute Gasteiger partial charge is 0.103 e. The third kappa shape index (κ3) is 3.09. The molecule has 98 valence electrons. The number of hydrogen-bond acceptors (Lipinski definition) is 2. The highest BCUT2D eigenvalue weighted by Crippen LogP contribution is 2.22. The molecule has 0 spiro atoms. The molecular weight excluding hydrogens is 240 g/mol. The maximum Gasteiger partial charge on any atom is 0.103 e. The molecule has 1 aliphatic rings. The van der Waals surface area contributed by atoms with Gasteiger partial charge in [-0.2, -0.15) is 0 Å². The Hall–Kier alpha value is -0.930. The Kier molecular flexibility index (Phi) is 4.36. The van der Waals surface area contributed by atoms with Crippen LogP contribution in [0.3, 0.4) is 0 Å². The fourth-order valence-electron chi connectivity index (χ4n) is 2.66. The molecule has 2 nitrogen and oxygen atoms in total. The highest BCUT2D eigenvalue weighted by molar-refractivity contribution is 7.80. The van der Waals surface area contributed by atoms with Crippen molar-refractivity contribution in [1.82, 2.24) is 4.90 Å². The quantitative estimate of drug-likeness (QED) is 0.846. The van der Waals surface area contributed by atoms with Gasteiger partial charge in [-0.15, -0.1) is 0 Å². The Bertz CT molecular complexity index is 442. The molecule has 0 aromatic heterocycles. The van der Waals surface area contributed by atoms with E-state index in [1.54, 1.807) is 0 Å². The van der Waals surface area contributed by atoms with E-state index < -0.39 is 0 Å². The van der Waals surface area contributed by atoms with E-state index in [9.17, 15) is 0 Å². The fourth-order valence-corrected chi connectivity index (χ4v) is 2.78. The summed E-state index contributed by atoms with van der Waals surface area (Å²) in [6, 6.07) is 6.31. The van der Waals surface area contributed by atoms with Gasteiger partial charge in [0.2, 0.25) is 0 Å². The minimum absolute atomic E-state index is 0.483. The van der Waals surface area contributed by atoms with Crippen LogP contribution in [-0.2, 0) is 6.54 Å². The van der Waals surface area contributed by atoms with Gasteiger partial charge in [-0.1, -0.05) is 37.7 Å². The first kappa shape index (κ1) is 13.5. The molecule has 1 aromatic rings. The molecule has 1 saturated heterocycles. The van der Waals surface area contributed by atoms with Crippen molar-refractivity contribution in [3.63, 3.8) is 0 Å². The third-order valence-corrected chi connectivity index (χ3v) is 4.20. The van der Waals surface area contributed by atoms with E-state index in [2.05, 4.69) is 30.9 Å². The molecule has 18 heavy (non-hydrogen) atoms. The molecule has 0 bridgehead atoms. The second kappa shape index (κ2) is 5.81. The summed E-state index contributed by atoms with van der Waals surface area (Å²) < 4.78 is 0. The van der Waals surface area contributed by atoms with Gasteiger partial charge in [-0.3, -0.25) is 4.90 Å². The number of nitrogens with zero attached hydrogens (tertiary/aromatic N) is 1. The van der Waals surface area contributed by atoms with E-state index in [4.69, 9.17) is 18.0 Å². The van der Waals surface area contributed by atoms with E-state index in [-0.39, 0.29) is 0 Å². The van der Waals surface area contributed by atoms with Crippen LogP contribution in [0.5, 0.6) is 0 Å². The van der Waals surface area contributed by atoms with Crippen LogP contribution in [-0.4, -0.2) is 23.0 Å². The van der Waals surface area contributed by atoms with Gasteiger partial charge in [0.1, 0.15) is 4.99 Å². The van der Waals surface area contributed by atoms with Crippen molar-refractivity contribution < 1.29 is 0 Å². The lowest BCUT2D eigenvalue weighted by Crippen LogP contribution is -2.20. The molecule has 1 unspecified atom stereocenters. The first-order chi connectivity index (χ1) is 8.60. The zero-order valence-corrected chi connectivity index (χ0v) is 12.1. The van der Waals surface area contributed by atoms with Crippen molar-refractivity contribution in [2.75, 3.05) is 13.1 Å². The van der Waals surface area contributed by atoms with Crippen molar-refractivity contribution >= 4 is 17.2 Å². The van der Waals surface area contributed by atoms with Gasteiger partial charge >= 0.3 is 0 Å². The summed E-state index contributed by atoms with van der Waals surface area (Å²) in [7, 11) is 0. The fraction of sp³-hybridized carbons (Fsp3) is 0.533. The van der Waals surface area contributed by atoms with Crippen LogP contribution in [0, 0.1) is 12.8 Å². The van der Waals surface area contributed by atoms with Gasteiger partial charge < -0.3 is 5.73 Å². The second-order valence-corrected chi connectivity index (χ2v) is 5.74. The van der Waals surface area contributed by atoms with Crippen LogP contribution < -0.4 is 5.73 Å². The van der Waals surface area contributed by atoms with E-state index in [0.29, 0.717) is 4.99 Å². The molecule has 1 aliphatic heterocycles. The Morgan fingerprint density at radius 1 is 1.50 bits per heavy atom. The number of nitrogens with two attached hydrogens (primary N) is 1. The maximum absolute atomic E-state index is 5.65. The van der Waals surface area contributed by atoms with Crippen LogP contribution in [0.4, 0.5) is 0 Å². The lowest BCUT2D eigenvalue weighted by Gasteiger charge is -2.17. The summed E-state index contributed by atoms with van der Waals surface area (Å²) in [6.07, 6.45) is 2.65. The number of benzene rings is 1. The maximum atomic E-state index is 5.65. The van der Waals surface area contributed by atoms with Crippen molar-refractivity contribution in [3.05, 3.63) is 34.9 Å². The SMILES string of the molecule is CCC1CCN(Cc2ccc(C(N)=S)cc2C)C1. The lowest BCUT2D eigenvalue weighted by molar-refractivity contribution is 0.314. The van der Waals surface area contributed by atoms with E-state index in [1.165, 1.54) is 37.1 Å². The zero-order valence-electron chi connectivity index (χ0n) is 11.3. The molecular formula is C15H22N2S. The summed E-state index contributed by atoms with van der Waals surface area (Å²) in [6.45, 7) is 7.96. The Balaban J connectivity index is 2.04. The number of likely N-dealkylation sites (tertiary alicyclic amines) is 1. The van der Waals surface area contributed by atoms with Gasteiger partial charge in [-0.05, 0) is 43.0 Å². The largest absolute Gasteiger partial charge is 0.389 e. The summed E-state index contributed by atoms with van der Waals surface area (Å²) in [5.74, 6) is 0.890. The van der Waals surface area contributed by atoms with Crippen LogP contribution in [0.2, 0.25) is 0 Å². The third-order valence-electron chi connectivity index (χ3n) is 3.97. The number of aryl methyl sites for hydroxylation is 1.